The third kappa shape index (κ3) is 3.42. The number of imidazole rings is 1. The number of hydrogen-bond acceptors (Lipinski definition) is 3. The highest BCUT2D eigenvalue weighted by Crippen LogP contribution is 2.22. The number of carbonyl (C=O) groups excluding carboxylic acids is 1. The van der Waals surface area contributed by atoms with Crippen LogP contribution >= 0.6 is 0 Å². The Morgan fingerprint density at radius 1 is 1.04 bits per heavy atom. The number of aromatic nitrogens is 2. The van der Waals surface area contributed by atoms with Crippen molar-refractivity contribution in [2.45, 2.75) is 31.7 Å². The molecule has 1 unspecified atom stereocenters. The molecule has 2 aromatic carbocycles. The van der Waals surface area contributed by atoms with Crippen LogP contribution in [-0.2, 0) is 6.42 Å². The van der Waals surface area contributed by atoms with Crippen LogP contribution in [0.25, 0.3) is 11.0 Å². The van der Waals surface area contributed by atoms with Gasteiger partial charge in [-0.2, -0.15) is 0 Å². The van der Waals surface area contributed by atoms with Crippen molar-refractivity contribution in [2.75, 3.05) is 26.2 Å². The topological polar surface area (TPSA) is 52.2 Å². The lowest BCUT2D eigenvalue weighted by Crippen LogP contribution is -2.37. The highest BCUT2D eigenvalue weighted by Gasteiger charge is 2.31. The van der Waals surface area contributed by atoms with Gasteiger partial charge in [-0.1, -0.05) is 24.3 Å². The summed E-state index contributed by atoms with van der Waals surface area (Å²) in [6.07, 6.45) is 4.45. The monoisotopic (exact) mass is 374 g/mol. The first-order valence-corrected chi connectivity index (χ1v) is 10.3. The number of fused-ring (bicyclic) bond motifs is 1. The summed E-state index contributed by atoms with van der Waals surface area (Å²) in [5, 5.41) is 0. The van der Waals surface area contributed by atoms with Crippen LogP contribution in [0.4, 0.5) is 0 Å². The lowest BCUT2D eigenvalue weighted by atomic mass is 10.1. The highest BCUT2D eigenvalue weighted by atomic mass is 16.2. The molecule has 28 heavy (non-hydrogen) atoms. The molecule has 2 saturated heterocycles. The molecule has 5 nitrogen and oxygen atoms in total. The first-order chi connectivity index (χ1) is 13.8. The molecule has 1 N–H and O–H groups in total. The second-order valence-corrected chi connectivity index (χ2v) is 8.01. The molecule has 0 spiro atoms. The van der Waals surface area contributed by atoms with E-state index in [2.05, 4.69) is 27.0 Å². The van der Waals surface area contributed by atoms with Crippen LogP contribution in [0.1, 0.15) is 41.0 Å². The van der Waals surface area contributed by atoms with Crippen molar-refractivity contribution in [2.24, 2.45) is 0 Å². The molecule has 2 aliphatic heterocycles. The zero-order valence-electron chi connectivity index (χ0n) is 16.1. The maximum Gasteiger partial charge on any atom is 0.253 e. The maximum atomic E-state index is 12.9. The predicted octanol–water partition coefficient (Wildman–Crippen LogP) is 3.46. The van der Waals surface area contributed by atoms with Crippen molar-refractivity contribution in [1.82, 2.24) is 19.8 Å². The minimum absolute atomic E-state index is 0.164. The summed E-state index contributed by atoms with van der Waals surface area (Å²) < 4.78 is 0. The van der Waals surface area contributed by atoms with Gasteiger partial charge in [-0.15, -0.1) is 0 Å². The average Bonchev–Trinajstić information content (AvgIpc) is 3.47. The Labute approximate surface area is 165 Å². The van der Waals surface area contributed by atoms with Crippen LogP contribution in [0.3, 0.4) is 0 Å². The number of para-hydroxylation sites is 2. The third-order valence-electron chi connectivity index (χ3n) is 6.12. The van der Waals surface area contributed by atoms with Crippen molar-refractivity contribution < 1.29 is 4.79 Å². The smallest absolute Gasteiger partial charge is 0.253 e. The quantitative estimate of drug-likeness (QED) is 0.761. The van der Waals surface area contributed by atoms with E-state index >= 15 is 0 Å². The fourth-order valence-electron chi connectivity index (χ4n) is 4.56. The Kier molecular flexibility index (Phi) is 4.61. The summed E-state index contributed by atoms with van der Waals surface area (Å²) in [6.45, 7) is 4.15. The van der Waals surface area contributed by atoms with Crippen molar-refractivity contribution in [3.63, 3.8) is 0 Å². The molecule has 0 bridgehead atoms. The molecule has 3 heterocycles. The molecule has 1 amide bonds. The van der Waals surface area contributed by atoms with E-state index in [1.54, 1.807) is 0 Å². The van der Waals surface area contributed by atoms with Crippen molar-refractivity contribution >= 4 is 16.9 Å². The number of likely N-dealkylation sites (tertiary alicyclic amines) is 2. The van der Waals surface area contributed by atoms with Crippen LogP contribution < -0.4 is 0 Å². The highest BCUT2D eigenvalue weighted by molar-refractivity contribution is 5.94. The Morgan fingerprint density at radius 2 is 1.82 bits per heavy atom. The summed E-state index contributed by atoms with van der Waals surface area (Å²) in [4.78, 5) is 25.5. The van der Waals surface area contributed by atoms with Crippen molar-refractivity contribution in [1.29, 1.82) is 0 Å². The number of nitrogens with one attached hydrogen (secondary N) is 1. The van der Waals surface area contributed by atoms with Crippen molar-refractivity contribution in [3.8, 4) is 0 Å². The standard InChI is InChI=1S/C23H26N4O/c28-23(27-14-11-19(16-27)26-12-3-4-13-26)18-9-7-17(8-10-18)15-22-24-20-5-1-2-6-21(20)25-22/h1-2,5-10,19H,3-4,11-16H2,(H,24,25). The minimum atomic E-state index is 0.164. The van der Waals surface area contributed by atoms with Gasteiger partial charge in [-0.25, -0.2) is 4.98 Å². The molecule has 5 heteroatoms. The van der Waals surface area contributed by atoms with Gasteiger partial charge in [0, 0.05) is 31.1 Å². The van der Waals surface area contributed by atoms with E-state index in [-0.39, 0.29) is 5.91 Å². The van der Waals surface area contributed by atoms with Crippen molar-refractivity contribution in [3.05, 3.63) is 65.5 Å². The maximum absolute atomic E-state index is 12.9. The molecule has 1 aromatic heterocycles. The van der Waals surface area contributed by atoms with E-state index in [0.717, 1.165) is 53.9 Å². The molecular formula is C23H26N4O. The van der Waals surface area contributed by atoms with E-state index < -0.39 is 0 Å². The Morgan fingerprint density at radius 3 is 2.61 bits per heavy atom. The van der Waals surface area contributed by atoms with Crippen LogP contribution in [-0.4, -0.2) is 57.9 Å². The number of amides is 1. The van der Waals surface area contributed by atoms with Gasteiger partial charge in [0.05, 0.1) is 11.0 Å². The molecule has 0 radical (unpaired) electrons. The first-order valence-electron chi connectivity index (χ1n) is 10.3. The van der Waals surface area contributed by atoms with Crippen LogP contribution in [0, 0.1) is 0 Å². The van der Waals surface area contributed by atoms with E-state index in [1.807, 2.05) is 41.3 Å². The van der Waals surface area contributed by atoms with Gasteiger partial charge in [0.15, 0.2) is 0 Å². The fraction of sp³-hybridized carbons (Fsp3) is 0.391. The van der Waals surface area contributed by atoms with Gasteiger partial charge in [0.25, 0.3) is 5.91 Å². The van der Waals surface area contributed by atoms with Gasteiger partial charge >= 0.3 is 0 Å². The Hall–Kier alpha value is -2.66. The second kappa shape index (κ2) is 7.40. The SMILES string of the molecule is O=C(c1ccc(Cc2nc3ccccc3[nH]2)cc1)N1CCC(N2CCCC2)C1. The van der Waals surface area contributed by atoms with Crippen LogP contribution in [0.5, 0.6) is 0 Å². The second-order valence-electron chi connectivity index (χ2n) is 8.01. The lowest BCUT2D eigenvalue weighted by Gasteiger charge is -2.23. The van der Waals surface area contributed by atoms with Gasteiger partial charge in [0.1, 0.15) is 5.82 Å². The lowest BCUT2D eigenvalue weighted by molar-refractivity contribution is 0.0780. The zero-order valence-corrected chi connectivity index (χ0v) is 16.1. The zero-order chi connectivity index (χ0) is 18.9. The number of hydrogen-bond donors (Lipinski definition) is 1. The summed E-state index contributed by atoms with van der Waals surface area (Å²) in [5.41, 5.74) is 4.00. The number of benzene rings is 2. The van der Waals surface area contributed by atoms with Gasteiger partial charge in [-0.3, -0.25) is 9.69 Å². The normalized spacial score (nSPS) is 20.3. The van der Waals surface area contributed by atoms with E-state index in [0.29, 0.717) is 6.04 Å². The molecule has 2 fully saturated rings. The largest absolute Gasteiger partial charge is 0.342 e. The summed E-state index contributed by atoms with van der Waals surface area (Å²) in [7, 11) is 0. The molecule has 0 aliphatic carbocycles. The molecule has 0 saturated carbocycles. The summed E-state index contributed by atoms with van der Waals surface area (Å²) >= 11 is 0. The van der Waals surface area contributed by atoms with Crippen LogP contribution in [0.2, 0.25) is 0 Å². The molecule has 5 rings (SSSR count). The van der Waals surface area contributed by atoms with Gasteiger partial charge in [-0.05, 0) is 62.2 Å². The average molecular weight is 374 g/mol. The third-order valence-corrected chi connectivity index (χ3v) is 6.12. The van der Waals surface area contributed by atoms with Gasteiger partial charge in [0.2, 0.25) is 0 Å². The predicted molar refractivity (Wildman–Crippen MR) is 110 cm³/mol. The molecule has 144 valence electrons. The molecule has 2 aliphatic rings. The number of carbonyl (C=O) groups is 1. The Bertz CT molecular complexity index is 939. The number of nitrogens with zero attached hydrogens (tertiary/aromatic N) is 3. The number of rotatable bonds is 4. The molecule has 1 atom stereocenters. The van der Waals surface area contributed by atoms with E-state index in [4.69, 9.17) is 0 Å². The molecule has 3 aromatic rings. The number of H-pyrrole nitrogens is 1. The first kappa shape index (κ1) is 17.4. The van der Waals surface area contributed by atoms with Gasteiger partial charge < -0.3 is 9.88 Å². The van der Waals surface area contributed by atoms with Crippen LogP contribution in [0.15, 0.2) is 48.5 Å². The molecular weight excluding hydrogens is 348 g/mol. The summed E-state index contributed by atoms with van der Waals surface area (Å²) in [5.74, 6) is 1.12. The van der Waals surface area contributed by atoms with E-state index in [1.165, 1.54) is 25.9 Å². The fourth-order valence-corrected chi connectivity index (χ4v) is 4.56. The Balaban J connectivity index is 1.24. The minimum Gasteiger partial charge on any atom is -0.342 e. The number of aromatic amines is 1. The van der Waals surface area contributed by atoms with E-state index in [9.17, 15) is 4.79 Å². The summed E-state index contributed by atoms with van der Waals surface area (Å²) in [6, 6.07) is 16.6.